The maximum Gasteiger partial charge on any atom is 0.248 e. The first kappa shape index (κ1) is 18.9. The molecule has 1 saturated heterocycles. The van der Waals surface area contributed by atoms with Crippen molar-refractivity contribution in [3.8, 4) is 0 Å². The third-order valence-electron chi connectivity index (χ3n) is 6.89. The van der Waals surface area contributed by atoms with Crippen LogP contribution in [0.3, 0.4) is 0 Å². The van der Waals surface area contributed by atoms with Crippen molar-refractivity contribution in [1.82, 2.24) is 19.4 Å². The van der Waals surface area contributed by atoms with Crippen LogP contribution in [0.2, 0.25) is 0 Å². The Kier molecular flexibility index (Phi) is 4.60. The molecule has 2 aromatic heterocycles. The Labute approximate surface area is 175 Å². The van der Waals surface area contributed by atoms with Gasteiger partial charge in [0, 0.05) is 66.5 Å². The van der Waals surface area contributed by atoms with E-state index in [-0.39, 0.29) is 11.8 Å². The zero-order chi connectivity index (χ0) is 20.8. The Morgan fingerprint density at radius 3 is 2.73 bits per heavy atom. The number of hydrogen-bond donors (Lipinski definition) is 2. The van der Waals surface area contributed by atoms with Crippen LogP contribution in [0.1, 0.15) is 52.6 Å². The number of carbonyl (C=O) groups is 2. The van der Waals surface area contributed by atoms with Crippen LogP contribution < -0.4 is 5.73 Å². The van der Waals surface area contributed by atoms with Crippen molar-refractivity contribution in [2.24, 2.45) is 11.7 Å². The van der Waals surface area contributed by atoms with Gasteiger partial charge in [-0.1, -0.05) is 0 Å². The lowest BCUT2D eigenvalue weighted by Gasteiger charge is -2.35. The van der Waals surface area contributed by atoms with Crippen LogP contribution in [-0.4, -0.2) is 44.3 Å². The number of piperidine rings is 1. The molecule has 0 aliphatic carbocycles. The summed E-state index contributed by atoms with van der Waals surface area (Å²) in [7, 11) is 0. The van der Waals surface area contributed by atoms with Gasteiger partial charge in [0.2, 0.25) is 11.8 Å². The van der Waals surface area contributed by atoms with Gasteiger partial charge >= 0.3 is 0 Å². The Morgan fingerprint density at radius 1 is 1.17 bits per heavy atom. The number of aryl methyl sites for hydroxylation is 1. The molecule has 0 saturated carbocycles. The van der Waals surface area contributed by atoms with Gasteiger partial charge in [0.1, 0.15) is 5.82 Å². The molecule has 5 rings (SSSR count). The lowest BCUT2D eigenvalue weighted by molar-refractivity contribution is -0.137. The summed E-state index contributed by atoms with van der Waals surface area (Å²) < 4.78 is 2.23. The lowest BCUT2D eigenvalue weighted by atomic mass is 9.87. The first-order valence-electron chi connectivity index (χ1n) is 10.7. The number of amides is 2. The number of primary amides is 1. The molecule has 0 bridgehead atoms. The first-order valence-corrected chi connectivity index (χ1v) is 10.7. The van der Waals surface area contributed by atoms with Crippen molar-refractivity contribution in [2.75, 3.05) is 13.1 Å². The van der Waals surface area contributed by atoms with Crippen LogP contribution in [-0.2, 0) is 17.8 Å². The number of benzene rings is 1. The first-order chi connectivity index (χ1) is 14.5. The predicted octanol–water partition coefficient (Wildman–Crippen LogP) is 2.74. The van der Waals surface area contributed by atoms with Gasteiger partial charge in [-0.05, 0) is 55.9 Å². The van der Waals surface area contributed by atoms with Gasteiger partial charge in [0.25, 0.3) is 0 Å². The molecule has 1 unspecified atom stereocenters. The summed E-state index contributed by atoms with van der Waals surface area (Å²) in [6, 6.07) is 5.55. The number of carbonyl (C=O) groups excluding carboxylic acids is 2. The molecule has 1 aromatic carbocycles. The van der Waals surface area contributed by atoms with Crippen LogP contribution >= 0.6 is 0 Å². The number of rotatable bonds is 3. The SMILES string of the molecule is Cc1ncc2n1CCC(C(=O)N1CCC(c3c[nH]c4ccc(C(N)=O)cc34)CC1)C2. The molecule has 1 atom stereocenters. The lowest BCUT2D eigenvalue weighted by Crippen LogP contribution is -2.43. The quantitative estimate of drug-likeness (QED) is 0.701. The Bertz CT molecular complexity index is 1120. The molecule has 1 fully saturated rings. The van der Waals surface area contributed by atoms with E-state index in [4.69, 9.17) is 5.73 Å². The van der Waals surface area contributed by atoms with Gasteiger partial charge in [0.05, 0.1) is 0 Å². The molecule has 2 aliphatic rings. The van der Waals surface area contributed by atoms with Crippen LogP contribution in [0.25, 0.3) is 10.9 Å². The highest BCUT2D eigenvalue weighted by atomic mass is 16.2. The summed E-state index contributed by atoms with van der Waals surface area (Å²) in [4.78, 5) is 34.4. The minimum atomic E-state index is -0.409. The molecule has 3 N–H and O–H groups in total. The number of imidazole rings is 1. The van der Waals surface area contributed by atoms with E-state index < -0.39 is 5.91 Å². The smallest absolute Gasteiger partial charge is 0.248 e. The van der Waals surface area contributed by atoms with Gasteiger partial charge in [0.15, 0.2) is 0 Å². The maximum atomic E-state index is 13.1. The molecule has 4 heterocycles. The summed E-state index contributed by atoms with van der Waals surface area (Å²) in [6.45, 7) is 4.46. The van der Waals surface area contributed by atoms with Gasteiger partial charge in [-0.2, -0.15) is 0 Å². The van der Waals surface area contributed by atoms with Gasteiger partial charge < -0.3 is 20.2 Å². The zero-order valence-corrected chi connectivity index (χ0v) is 17.2. The Morgan fingerprint density at radius 2 is 1.97 bits per heavy atom. The molecular formula is C23H27N5O2. The minimum absolute atomic E-state index is 0.0661. The van der Waals surface area contributed by atoms with Crippen molar-refractivity contribution in [3.05, 3.63) is 53.2 Å². The van der Waals surface area contributed by atoms with E-state index in [1.54, 1.807) is 6.07 Å². The van der Waals surface area contributed by atoms with E-state index in [9.17, 15) is 9.59 Å². The van der Waals surface area contributed by atoms with Crippen molar-refractivity contribution in [2.45, 2.75) is 45.1 Å². The minimum Gasteiger partial charge on any atom is -0.366 e. The van der Waals surface area contributed by atoms with Crippen LogP contribution in [0, 0.1) is 12.8 Å². The topological polar surface area (TPSA) is 97.0 Å². The normalized spacial score (nSPS) is 19.8. The van der Waals surface area contributed by atoms with E-state index in [2.05, 4.69) is 14.5 Å². The monoisotopic (exact) mass is 405 g/mol. The summed E-state index contributed by atoms with van der Waals surface area (Å²) in [5, 5.41) is 1.06. The maximum absolute atomic E-state index is 13.1. The van der Waals surface area contributed by atoms with E-state index in [1.165, 1.54) is 11.3 Å². The van der Waals surface area contributed by atoms with Crippen LogP contribution in [0.4, 0.5) is 0 Å². The summed E-state index contributed by atoms with van der Waals surface area (Å²) in [5.41, 5.74) is 9.40. The fourth-order valence-electron chi connectivity index (χ4n) is 5.14. The van der Waals surface area contributed by atoms with Gasteiger partial charge in [-0.15, -0.1) is 0 Å². The highest BCUT2D eigenvalue weighted by Crippen LogP contribution is 2.34. The number of aromatic amines is 1. The third-order valence-corrected chi connectivity index (χ3v) is 6.89. The zero-order valence-electron chi connectivity index (χ0n) is 17.2. The Balaban J connectivity index is 1.27. The molecule has 7 nitrogen and oxygen atoms in total. The van der Waals surface area contributed by atoms with Crippen LogP contribution in [0.5, 0.6) is 0 Å². The van der Waals surface area contributed by atoms with Gasteiger partial charge in [-0.3, -0.25) is 9.59 Å². The number of fused-ring (bicyclic) bond motifs is 2. The molecule has 156 valence electrons. The molecule has 2 amide bonds. The second-order valence-electron chi connectivity index (χ2n) is 8.61. The van der Waals surface area contributed by atoms with Crippen molar-refractivity contribution < 1.29 is 9.59 Å². The number of H-pyrrole nitrogens is 1. The molecule has 30 heavy (non-hydrogen) atoms. The van der Waals surface area contributed by atoms with E-state index in [0.29, 0.717) is 11.5 Å². The van der Waals surface area contributed by atoms with Crippen LogP contribution in [0.15, 0.2) is 30.6 Å². The Hall–Kier alpha value is -3.09. The second kappa shape index (κ2) is 7.31. The second-order valence-corrected chi connectivity index (χ2v) is 8.61. The van der Waals surface area contributed by atoms with E-state index in [0.717, 1.165) is 62.0 Å². The van der Waals surface area contributed by atoms with Crippen molar-refractivity contribution >= 4 is 22.7 Å². The highest BCUT2D eigenvalue weighted by molar-refractivity contribution is 5.98. The number of aromatic nitrogens is 3. The number of hydrogen-bond acceptors (Lipinski definition) is 3. The summed E-state index contributed by atoms with van der Waals surface area (Å²) in [6.07, 6.45) is 7.51. The molecule has 2 aliphatic heterocycles. The number of likely N-dealkylation sites (tertiary alicyclic amines) is 1. The van der Waals surface area contributed by atoms with Crippen molar-refractivity contribution in [3.63, 3.8) is 0 Å². The van der Waals surface area contributed by atoms with E-state index >= 15 is 0 Å². The van der Waals surface area contributed by atoms with Gasteiger partial charge in [-0.25, -0.2) is 4.98 Å². The molecule has 0 spiro atoms. The highest BCUT2D eigenvalue weighted by Gasteiger charge is 2.32. The average molecular weight is 406 g/mol. The largest absolute Gasteiger partial charge is 0.366 e. The molecular weight excluding hydrogens is 378 g/mol. The number of nitrogens with one attached hydrogen (secondary N) is 1. The number of nitrogens with zero attached hydrogens (tertiary/aromatic N) is 3. The van der Waals surface area contributed by atoms with Crippen molar-refractivity contribution in [1.29, 1.82) is 0 Å². The molecule has 3 aromatic rings. The average Bonchev–Trinajstić information content (AvgIpc) is 3.36. The fraction of sp³-hybridized carbons (Fsp3) is 0.435. The number of nitrogens with two attached hydrogens (primary N) is 1. The summed E-state index contributed by atoms with van der Waals surface area (Å²) >= 11 is 0. The third kappa shape index (κ3) is 3.18. The summed E-state index contributed by atoms with van der Waals surface area (Å²) in [5.74, 6) is 1.36. The standard InChI is InChI=1S/C23H27N5O2/c1-14-25-12-18-10-17(6-9-28(14)18)23(30)27-7-4-15(5-8-27)20-13-26-21-3-2-16(22(24)29)11-19(20)21/h2-3,11-13,15,17,26H,4-10H2,1H3,(H2,24,29). The molecule has 7 heteroatoms. The molecule has 0 radical (unpaired) electrons. The predicted molar refractivity (Wildman–Crippen MR) is 114 cm³/mol. The fourth-order valence-corrected chi connectivity index (χ4v) is 5.14. The van der Waals surface area contributed by atoms with E-state index in [1.807, 2.05) is 36.4 Å².